The monoisotopic (exact) mass is 435 g/mol. The number of hydrogen-bond donors (Lipinski definition) is 1. The summed E-state index contributed by atoms with van der Waals surface area (Å²) >= 11 is 0. The summed E-state index contributed by atoms with van der Waals surface area (Å²) in [5.41, 5.74) is 9.37. The third kappa shape index (κ3) is 3.62. The van der Waals surface area contributed by atoms with Crippen molar-refractivity contribution in [1.82, 2.24) is 0 Å². The first-order valence-corrected chi connectivity index (χ1v) is 11.8. The number of fused-ring (bicyclic) bond motifs is 5. The second-order valence-electron chi connectivity index (χ2n) is 9.94. The lowest BCUT2D eigenvalue weighted by molar-refractivity contribution is -0.0291. The van der Waals surface area contributed by atoms with Gasteiger partial charge in [-0.1, -0.05) is 37.3 Å². The molecule has 0 unspecified atom stereocenters. The van der Waals surface area contributed by atoms with Gasteiger partial charge in [-0.15, -0.1) is 0 Å². The van der Waals surface area contributed by atoms with Gasteiger partial charge in [0.15, 0.2) is 11.5 Å². The van der Waals surface area contributed by atoms with E-state index in [-0.39, 0.29) is 11.5 Å². The van der Waals surface area contributed by atoms with E-state index >= 15 is 0 Å². The van der Waals surface area contributed by atoms with Crippen molar-refractivity contribution in [2.45, 2.75) is 64.1 Å². The van der Waals surface area contributed by atoms with Crippen molar-refractivity contribution in [1.29, 1.82) is 0 Å². The van der Waals surface area contributed by atoms with Crippen LogP contribution in [0.3, 0.4) is 0 Å². The maximum absolute atomic E-state index is 11.4. The van der Waals surface area contributed by atoms with E-state index in [2.05, 4.69) is 31.2 Å². The normalized spacial score (nSPS) is 30.6. The van der Waals surface area contributed by atoms with Gasteiger partial charge in [0.05, 0.1) is 7.11 Å². The Hall–Kier alpha value is -2.69. The topological polar surface area (TPSA) is 70.8 Å². The van der Waals surface area contributed by atoms with E-state index in [1.165, 1.54) is 17.5 Å². The third-order valence-electron chi connectivity index (χ3n) is 8.42. The molecule has 2 N–H and O–H groups in total. The quantitative estimate of drug-likeness (QED) is 0.664. The summed E-state index contributed by atoms with van der Waals surface area (Å²) in [6, 6.07) is 14.7. The van der Waals surface area contributed by atoms with Gasteiger partial charge in [0.2, 0.25) is 0 Å². The standard InChI is InChI=1S/C27H33NO4/c1-27-13-12-19-20(22(27)10-11-25(27)32-26(28)29)9-8-18-14-24(23(30-2)15-21(18)19)31-16-17-6-4-3-5-7-17/h3-7,14-15,19-20,22,25H,8-13,16H2,1-2H3,(H2,28,29)/t19-,20+,22-,25-,27-/m0/s1. The Morgan fingerprint density at radius 2 is 1.91 bits per heavy atom. The van der Waals surface area contributed by atoms with Crippen LogP contribution in [0.25, 0.3) is 0 Å². The highest BCUT2D eigenvalue weighted by Crippen LogP contribution is 2.62. The maximum Gasteiger partial charge on any atom is 0.404 e. The fourth-order valence-corrected chi connectivity index (χ4v) is 6.87. The van der Waals surface area contributed by atoms with Crippen LogP contribution >= 0.6 is 0 Å². The first-order chi connectivity index (χ1) is 15.5. The third-order valence-corrected chi connectivity index (χ3v) is 8.42. The number of hydrogen-bond acceptors (Lipinski definition) is 4. The Balaban J connectivity index is 1.38. The van der Waals surface area contributed by atoms with Crippen LogP contribution in [-0.4, -0.2) is 19.3 Å². The van der Waals surface area contributed by atoms with Gasteiger partial charge in [-0.25, -0.2) is 4.79 Å². The molecule has 0 heterocycles. The number of carbonyl (C=O) groups excluding carboxylic acids is 1. The van der Waals surface area contributed by atoms with Crippen LogP contribution in [0.2, 0.25) is 0 Å². The molecule has 0 saturated heterocycles. The van der Waals surface area contributed by atoms with Crippen LogP contribution < -0.4 is 15.2 Å². The summed E-state index contributed by atoms with van der Waals surface area (Å²) in [7, 11) is 1.72. The van der Waals surface area contributed by atoms with Gasteiger partial charge in [0, 0.05) is 5.41 Å². The second-order valence-corrected chi connectivity index (χ2v) is 9.94. The van der Waals surface area contributed by atoms with Crippen molar-refractivity contribution in [3.8, 4) is 11.5 Å². The fraction of sp³-hybridized carbons (Fsp3) is 0.519. The maximum atomic E-state index is 11.4. The molecule has 0 spiro atoms. The van der Waals surface area contributed by atoms with E-state index in [4.69, 9.17) is 19.9 Å². The van der Waals surface area contributed by atoms with Gasteiger partial charge >= 0.3 is 6.09 Å². The van der Waals surface area contributed by atoms with Gasteiger partial charge in [0.1, 0.15) is 12.7 Å². The summed E-state index contributed by atoms with van der Waals surface area (Å²) in [6.07, 6.45) is 5.75. The van der Waals surface area contributed by atoms with Crippen LogP contribution in [0, 0.1) is 17.3 Å². The van der Waals surface area contributed by atoms with Crippen molar-refractivity contribution >= 4 is 6.09 Å². The van der Waals surface area contributed by atoms with Crippen LogP contribution in [0.1, 0.15) is 61.6 Å². The first kappa shape index (κ1) is 21.2. The van der Waals surface area contributed by atoms with E-state index in [9.17, 15) is 4.79 Å². The summed E-state index contributed by atoms with van der Waals surface area (Å²) in [4.78, 5) is 11.4. The number of rotatable bonds is 5. The summed E-state index contributed by atoms with van der Waals surface area (Å²) in [5, 5.41) is 0. The lowest BCUT2D eigenvalue weighted by Crippen LogP contribution is -2.45. The Morgan fingerprint density at radius 3 is 2.66 bits per heavy atom. The molecule has 0 radical (unpaired) electrons. The van der Waals surface area contributed by atoms with Crippen molar-refractivity contribution in [3.63, 3.8) is 0 Å². The molecular formula is C27H33NO4. The molecule has 2 fully saturated rings. The Morgan fingerprint density at radius 1 is 1.09 bits per heavy atom. The SMILES string of the molecule is COc1cc2c(cc1OCc1ccccc1)CC[C@@H]1[C@@H]2CC[C@]2(C)[C@@H](OC(N)=O)CC[C@@H]12. The van der Waals surface area contributed by atoms with E-state index in [0.717, 1.165) is 49.2 Å². The molecule has 3 aliphatic carbocycles. The number of benzene rings is 2. The summed E-state index contributed by atoms with van der Waals surface area (Å²) in [6.45, 7) is 2.84. The Labute approximate surface area is 190 Å². The second kappa shape index (κ2) is 8.34. The van der Waals surface area contributed by atoms with Gasteiger partial charge in [0.25, 0.3) is 0 Å². The highest BCUT2D eigenvalue weighted by Gasteiger charge is 2.56. The molecule has 170 valence electrons. The number of methoxy groups -OCH3 is 1. The smallest absolute Gasteiger partial charge is 0.404 e. The lowest BCUT2D eigenvalue weighted by Gasteiger charge is -2.50. The molecule has 0 bridgehead atoms. The summed E-state index contributed by atoms with van der Waals surface area (Å²) < 4.78 is 17.5. The molecule has 32 heavy (non-hydrogen) atoms. The van der Waals surface area contributed by atoms with Crippen molar-refractivity contribution < 1.29 is 19.0 Å². The average molecular weight is 436 g/mol. The first-order valence-electron chi connectivity index (χ1n) is 11.8. The van der Waals surface area contributed by atoms with Gasteiger partial charge < -0.3 is 19.9 Å². The molecule has 2 saturated carbocycles. The predicted octanol–water partition coefficient (Wildman–Crippen LogP) is 5.59. The number of primary amides is 1. The molecule has 2 aromatic carbocycles. The number of amides is 1. The minimum absolute atomic E-state index is 0.0382. The van der Waals surface area contributed by atoms with Crippen molar-refractivity contribution in [2.24, 2.45) is 23.0 Å². The van der Waals surface area contributed by atoms with Crippen molar-refractivity contribution in [3.05, 3.63) is 59.2 Å². The zero-order chi connectivity index (χ0) is 22.3. The molecule has 5 rings (SSSR count). The largest absolute Gasteiger partial charge is 0.493 e. The molecule has 3 aliphatic rings. The minimum Gasteiger partial charge on any atom is -0.493 e. The van der Waals surface area contributed by atoms with Crippen LogP contribution in [0.4, 0.5) is 4.79 Å². The molecule has 5 atom stereocenters. The molecule has 1 amide bonds. The Bertz CT molecular complexity index is 991. The van der Waals surface area contributed by atoms with Gasteiger partial charge in [-0.3, -0.25) is 0 Å². The zero-order valence-corrected chi connectivity index (χ0v) is 19.0. The fourth-order valence-electron chi connectivity index (χ4n) is 6.87. The zero-order valence-electron chi connectivity index (χ0n) is 19.0. The van der Waals surface area contributed by atoms with Crippen LogP contribution in [-0.2, 0) is 17.8 Å². The number of carbonyl (C=O) groups is 1. The molecule has 2 aromatic rings. The average Bonchev–Trinajstić information content (AvgIpc) is 3.13. The summed E-state index contributed by atoms with van der Waals surface area (Å²) in [5.74, 6) is 3.35. The van der Waals surface area contributed by atoms with Crippen LogP contribution in [0.15, 0.2) is 42.5 Å². The van der Waals surface area contributed by atoms with E-state index in [1.807, 2.05) is 18.2 Å². The number of ether oxygens (including phenoxy) is 3. The molecule has 0 aromatic heterocycles. The molecular weight excluding hydrogens is 402 g/mol. The predicted molar refractivity (Wildman–Crippen MR) is 123 cm³/mol. The van der Waals surface area contributed by atoms with Crippen LogP contribution in [0.5, 0.6) is 11.5 Å². The molecule has 0 aliphatic heterocycles. The molecule has 5 nitrogen and oxygen atoms in total. The van der Waals surface area contributed by atoms with Gasteiger partial charge in [-0.2, -0.15) is 0 Å². The van der Waals surface area contributed by atoms with E-state index in [0.29, 0.717) is 24.4 Å². The van der Waals surface area contributed by atoms with Crippen molar-refractivity contribution in [2.75, 3.05) is 7.11 Å². The highest BCUT2D eigenvalue weighted by molar-refractivity contribution is 5.65. The lowest BCUT2D eigenvalue weighted by atomic mass is 9.55. The number of aryl methyl sites for hydroxylation is 1. The van der Waals surface area contributed by atoms with Gasteiger partial charge in [-0.05, 0) is 85.1 Å². The Kier molecular flexibility index (Phi) is 5.52. The highest BCUT2D eigenvalue weighted by atomic mass is 16.6. The van der Waals surface area contributed by atoms with E-state index < -0.39 is 6.09 Å². The molecule has 5 heteroatoms. The minimum atomic E-state index is -0.638. The number of nitrogens with two attached hydrogens (primary N) is 1. The van der Waals surface area contributed by atoms with E-state index in [1.54, 1.807) is 7.11 Å².